The Balaban J connectivity index is 3.37. The van der Waals surface area contributed by atoms with Gasteiger partial charge in [0.2, 0.25) is 0 Å². The standard InChI is InChI=1S/C29H56O4/c1-6-27(22-29(31)33-24-26(4)5)20-18-16-14-12-10-8-7-9-11-13-15-17-19-21-28(30)32-23-25(2)3/h25-27H,6-24H2,1-5H3. The number of ether oxygens (including phenoxy) is 2. The van der Waals surface area contributed by atoms with Crippen molar-refractivity contribution in [3.8, 4) is 0 Å². The van der Waals surface area contributed by atoms with E-state index in [0.717, 1.165) is 25.7 Å². The van der Waals surface area contributed by atoms with E-state index in [2.05, 4.69) is 34.6 Å². The van der Waals surface area contributed by atoms with Gasteiger partial charge in [0.15, 0.2) is 0 Å². The van der Waals surface area contributed by atoms with Gasteiger partial charge < -0.3 is 9.47 Å². The molecule has 0 radical (unpaired) electrons. The number of esters is 2. The molecule has 0 amide bonds. The van der Waals surface area contributed by atoms with Crippen LogP contribution in [0.25, 0.3) is 0 Å². The van der Waals surface area contributed by atoms with Gasteiger partial charge in [-0.05, 0) is 30.6 Å². The first-order chi connectivity index (χ1) is 15.8. The van der Waals surface area contributed by atoms with Crippen molar-refractivity contribution in [2.45, 2.75) is 144 Å². The summed E-state index contributed by atoms with van der Waals surface area (Å²) in [5.41, 5.74) is 0. The molecule has 0 aliphatic carbocycles. The third-order valence-electron chi connectivity index (χ3n) is 6.18. The van der Waals surface area contributed by atoms with Gasteiger partial charge >= 0.3 is 11.9 Å². The van der Waals surface area contributed by atoms with E-state index in [-0.39, 0.29) is 11.9 Å². The summed E-state index contributed by atoms with van der Waals surface area (Å²) in [5, 5.41) is 0. The molecule has 0 aromatic carbocycles. The maximum Gasteiger partial charge on any atom is 0.306 e. The molecule has 4 nitrogen and oxygen atoms in total. The zero-order valence-corrected chi connectivity index (χ0v) is 22.8. The molecule has 0 aromatic heterocycles. The highest BCUT2D eigenvalue weighted by Crippen LogP contribution is 2.19. The van der Waals surface area contributed by atoms with Crippen molar-refractivity contribution in [2.75, 3.05) is 13.2 Å². The lowest BCUT2D eigenvalue weighted by Gasteiger charge is -2.14. The highest BCUT2D eigenvalue weighted by molar-refractivity contribution is 5.69. The van der Waals surface area contributed by atoms with Crippen LogP contribution < -0.4 is 0 Å². The smallest absolute Gasteiger partial charge is 0.306 e. The van der Waals surface area contributed by atoms with Gasteiger partial charge in [0.1, 0.15) is 0 Å². The zero-order chi connectivity index (χ0) is 24.7. The quantitative estimate of drug-likeness (QED) is 0.111. The lowest BCUT2D eigenvalue weighted by atomic mass is 9.95. The molecule has 1 unspecified atom stereocenters. The molecule has 0 rings (SSSR count). The van der Waals surface area contributed by atoms with Crippen LogP contribution in [0.4, 0.5) is 0 Å². The highest BCUT2D eigenvalue weighted by Gasteiger charge is 2.13. The van der Waals surface area contributed by atoms with E-state index in [1.54, 1.807) is 0 Å². The van der Waals surface area contributed by atoms with E-state index in [0.29, 0.717) is 43.8 Å². The Labute approximate surface area is 206 Å². The number of hydrogen-bond acceptors (Lipinski definition) is 4. The summed E-state index contributed by atoms with van der Waals surface area (Å²) in [6.45, 7) is 11.6. The molecule has 196 valence electrons. The van der Waals surface area contributed by atoms with E-state index in [4.69, 9.17) is 9.47 Å². The molecule has 4 heteroatoms. The van der Waals surface area contributed by atoms with Crippen molar-refractivity contribution in [3.05, 3.63) is 0 Å². The first kappa shape index (κ1) is 31.9. The molecule has 0 saturated carbocycles. The van der Waals surface area contributed by atoms with Gasteiger partial charge in [-0.15, -0.1) is 0 Å². The fraction of sp³-hybridized carbons (Fsp3) is 0.931. The monoisotopic (exact) mass is 468 g/mol. The summed E-state index contributed by atoms with van der Waals surface area (Å²) in [4.78, 5) is 23.4. The van der Waals surface area contributed by atoms with Crippen LogP contribution in [0.5, 0.6) is 0 Å². The maximum absolute atomic E-state index is 11.9. The molecule has 0 bridgehead atoms. The van der Waals surface area contributed by atoms with Crippen molar-refractivity contribution in [1.29, 1.82) is 0 Å². The predicted molar refractivity (Wildman–Crippen MR) is 139 cm³/mol. The van der Waals surface area contributed by atoms with Crippen LogP contribution in [0, 0.1) is 17.8 Å². The minimum atomic E-state index is -0.0318. The summed E-state index contributed by atoms with van der Waals surface area (Å²) in [6, 6.07) is 0. The van der Waals surface area contributed by atoms with Gasteiger partial charge in [-0.2, -0.15) is 0 Å². The van der Waals surface area contributed by atoms with Crippen molar-refractivity contribution in [2.24, 2.45) is 17.8 Å². The van der Waals surface area contributed by atoms with Crippen molar-refractivity contribution in [3.63, 3.8) is 0 Å². The molecule has 0 aliphatic heterocycles. The molecule has 0 aliphatic rings. The fourth-order valence-corrected chi connectivity index (χ4v) is 3.98. The second-order valence-corrected chi connectivity index (χ2v) is 10.8. The summed E-state index contributed by atoms with van der Waals surface area (Å²) in [5.74, 6) is 1.28. The van der Waals surface area contributed by atoms with E-state index in [1.807, 2.05) is 0 Å². The Morgan fingerprint density at radius 3 is 1.39 bits per heavy atom. The van der Waals surface area contributed by atoms with Crippen molar-refractivity contribution in [1.82, 2.24) is 0 Å². The lowest BCUT2D eigenvalue weighted by molar-refractivity contribution is -0.146. The van der Waals surface area contributed by atoms with E-state index < -0.39 is 0 Å². The minimum Gasteiger partial charge on any atom is -0.465 e. The molecule has 0 N–H and O–H groups in total. The largest absolute Gasteiger partial charge is 0.465 e. The van der Waals surface area contributed by atoms with Crippen LogP contribution in [-0.2, 0) is 19.1 Å². The van der Waals surface area contributed by atoms with E-state index in [9.17, 15) is 9.59 Å². The molecule has 0 aromatic rings. The summed E-state index contributed by atoms with van der Waals surface area (Å²) in [6.07, 6.45) is 20.0. The molecular weight excluding hydrogens is 412 g/mol. The van der Waals surface area contributed by atoms with Gasteiger partial charge in [-0.25, -0.2) is 0 Å². The Bertz CT molecular complexity index is 459. The number of rotatable bonds is 23. The first-order valence-electron chi connectivity index (χ1n) is 14.2. The molecule has 0 saturated heterocycles. The second-order valence-electron chi connectivity index (χ2n) is 10.8. The van der Waals surface area contributed by atoms with Gasteiger partial charge in [-0.1, -0.05) is 118 Å². The molecule has 0 spiro atoms. The van der Waals surface area contributed by atoms with E-state index >= 15 is 0 Å². The number of carbonyl (C=O) groups is 2. The number of carbonyl (C=O) groups excluding carboxylic acids is 2. The second kappa shape index (κ2) is 22.7. The van der Waals surface area contributed by atoms with Crippen LogP contribution in [0.1, 0.15) is 144 Å². The number of unbranched alkanes of at least 4 members (excludes halogenated alkanes) is 12. The molecule has 0 fully saturated rings. The fourth-order valence-electron chi connectivity index (χ4n) is 3.98. The number of hydrogen-bond donors (Lipinski definition) is 0. The summed E-state index contributed by atoms with van der Waals surface area (Å²) in [7, 11) is 0. The van der Waals surface area contributed by atoms with Crippen molar-refractivity contribution >= 4 is 11.9 Å². The average Bonchev–Trinajstić information content (AvgIpc) is 2.77. The van der Waals surface area contributed by atoms with Gasteiger partial charge in [0.05, 0.1) is 13.2 Å². The van der Waals surface area contributed by atoms with Crippen molar-refractivity contribution < 1.29 is 19.1 Å². The first-order valence-corrected chi connectivity index (χ1v) is 14.2. The van der Waals surface area contributed by atoms with Crippen LogP contribution in [0.2, 0.25) is 0 Å². The summed E-state index contributed by atoms with van der Waals surface area (Å²) < 4.78 is 10.5. The third-order valence-corrected chi connectivity index (χ3v) is 6.18. The Hall–Kier alpha value is -1.06. The van der Waals surface area contributed by atoms with Crippen LogP contribution in [0.15, 0.2) is 0 Å². The molecular formula is C29H56O4. The Morgan fingerprint density at radius 1 is 0.576 bits per heavy atom. The average molecular weight is 469 g/mol. The predicted octanol–water partition coefficient (Wildman–Crippen LogP) is 8.65. The van der Waals surface area contributed by atoms with E-state index in [1.165, 1.54) is 70.6 Å². The lowest BCUT2D eigenvalue weighted by Crippen LogP contribution is -2.14. The minimum absolute atomic E-state index is 0.0163. The zero-order valence-electron chi connectivity index (χ0n) is 22.8. The van der Waals surface area contributed by atoms with Crippen LogP contribution in [-0.4, -0.2) is 25.2 Å². The highest BCUT2D eigenvalue weighted by atomic mass is 16.5. The van der Waals surface area contributed by atoms with Gasteiger partial charge in [-0.3, -0.25) is 9.59 Å². The van der Waals surface area contributed by atoms with Gasteiger partial charge in [0.25, 0.3) is 0 Å². The van der Waals surface area contributed by atoms with Crippen LogP contribution in [0.3, 0.4) is 0 Å². The van der Waals surface area contributed by atoms with Crippen LogP contribution >= 0.6 is 0 Å². The topological polar surface area (TPSA) is 52.6 Å². The third kappa shape index (κ3) is 23.9. The maximum atomic E-state index is 11.9. The molecule has 33 heavy (non-hydrogen) atoms. The molecule has 1 atom stereocenters. The normalized spacial score (nSPS) is 12.3. The molecule has 0 heterocycles. The Kier molecular flexibility index (Phi) is 22.0. The Morgan fingerprint density at radius 2 is 0.970 bits per heavy atom. The summed E-state index contributed by atoms with van der Waals surface area (Å²) >= 11 is 0. The SMILES string of the molecule is CCC(CCCCCCCCCCCCCCCC(=O)OCC(C)C)CC(=O)OCC(C)C. The van der Waals surface area contributed by atoms with Gasteiger partial charge in [0, 0.05) is 12.8 Å².